The van der Waals surface area contributed by atoms with Crippen LogP contribution < -0.4 is 0 Å². The smallest absolute Gasteiger partial charge is 0.337 e. The molecule has 5 nitrogen and oxygen atoms in total. The molecule has 22 heavy (non-hydrogen) atoms. The minimum atomic E-state index is -1.46. The Labute approximate surface area is 129 Å². The van der Waals surface area contributed by atoms with Gasteiger partial charge in [0.25, 0.3) is 0 Å². The predicted molar refractivity (Wildman–Crippen MR) is 82.2 cm³/mol. The topological polar surface area (TPSA) is 69.7 Å². The van der Waals surface area contributed by atoms with Crippen molar-refractivity contribution in [2.75, 3.05) is 13.7 Å². The molecular formula is C17H20O5. The number of hydrogen-bond acceptors (Lipinski definition) is 5. The number of Topliss-reactive ketones (excluding diaryl/α,β-unsaturated/α-hetero) is 1. The van der Waals surface area contributed by atoms with Gasteiger partial charge < -0.3 is 9.47 Å². The standard InChI is InChI=1S/C17H20O5/c1-6-22-16(20)17(4,12(3)18)11(2)13-7-9-14(10-8-13)15(19)21-5/h7-10H,2,6H2,1,3-5H3. The van der Waals surface area contributed by atoms with Gasteiger partial charge in [-0.1, -0.05) is 18.7 Å². The van der Waals surface area contributed by atoms with E-state index in [-0.39, 0.29) is 12.4 Å². The summed E-state index contributed by atoms with van der Waals surface area (Å²) in [6, 6.07) is 6.35. The highest BCUT2D eigenvalue weighted by atomic mass is 16.5. The molecule has 0 N–H and O–H groups in total. The Morgan fingerprint density at radius 1 is 1.14 bits per heavy atom. The van der Waals surface area contributed by atoms with Crippen LogP contribution in [-0.2, 0) is 19.1 Å². The van der Waals surface area contributed by atoms with E-state index in [1.54, 1.807) is 31.2 Å². The van der Waals surface area contributed by atoms with Crippen molar-refractivity contribution in [3.8, 4) is 0 Å². The summed E-state index contributed by atoms with van der Waals surface area (Å²) in [5, 5.41) is 0. The van der Waals surface area contributed by atoms with E-state index in [1.165, 1.54) is 21.0 Å². The second-order valence-corrected chi connectivity index (χ2v) is 4.95. The molecule has 0 aliphatic carbocycles. The number of esters is 2. The summed E-state index contributed by atoms with van der Waals surface area (Å²) < 4.78 is 9.62. The van der Waals surface area contributed by atoms with E-state index in [0.717, 1.165) is 0 Å². The Balaban J connectivity index is 3.18. The first kappa shape index (κ1) is 17.6. The maximum atomic E-state index is 12.2. The van der Waals surface area contributed by atoms with Crippen LogP contribution in [0.4, 0.5) is 0 Å². The van der Waals surface area contributed by atoms with Crippen LogP contribution in [0, 0.1) is 5.41 Å². The zero-order valence-electron chi connectivity index (χ0n) is 13.3. The molecule has 0 amide bonds. The van der Waals surface area contributed by atoms with E-state index in [9.17, 15) is 14.4 Å². The summed E-state index contributed by atoms with van der Waals surface area (Å²) in [5.41, 5.74) is -0.170. The summed E-state index contributed by atoms with van der Waals surface area (Å²) in [5.74, 6) is -1.45. The second-order valence-electron chi connectivity index (χ2n) is 4.95. The van der Waals surface area contributed by atoms with Gasteiger partial charge in [0.15, 0.2) is 5.78 Å². The normalized spacial score (nSPS) is 12.9. The van der Waals surface area contributed by atoms with Crippen molar-refractivity contribution in [1.82, 2.24) is 0 Å². The molecule has 0 aliphatic rings. The molecule has 1 unspecified atom stereocenters. The number of rotatable bonds is 6. The highest BCUT2D eigenvalue weighted by Gasteiger charge is 2.43. The molecule has 1 atom stereocenters. The van der Waals surface area contributed by atoms with E-state index < -0.39 is 17.4 Å². The Hall–Kier alpha value is -2.43. The Kier molecular flexibility index (Phi) is 5.63. The lowest BCUT2D eigenvalue weighted by atomic mass is 9.76. The Morgan fingerprint density at radius 3 is 2.05 bits per heavy atom. The van der Waals surface area contributed by atoms with E-state index in [4.69, 9.17) is 4.74 Å². The fourth-order valence-electron chi connectivity index (χ4n) is 1.97. The monoisotopic (exact) mass is 304 g/mol. The van der Waals surface area contributed by atoms with Crippen molar-refractivity contribution in [1.29, 1.82) is 0 Å². The molecule has 0 bridgehead atoms. The molecule has 1 rings (SSSR count). The van der Waals surface area contributed by atoms with Crippen LogP contribution in [0.2, 0.25) is 0 Å². The van der Waals surface area contributed by atoms with E-state index in [2.05, 4.69) is 11.3 Å². The molecule has 0 heterocycles. The lowest BCUT2D eigenvalue weighted by molar-refractivity contribution is -0.154. The Morgan fingerprint density at radius 2 is 1.64 bits per heavy atom. The van der Waals surface area contributed by atoms with Crippen LogP contribution >= 0.6 is 0 Å². The number of carbonyl (C=O) groups is 3. The molecule has 1 aromatic rings. The number of methoxy groups -OCH3 is 1. The lowest BCUT2D eigenvalue weighted by Gasteiger charge is -2.27. The minimum absolute atomic E-state index is 0.177. The van der Waals surface area contributed by atoms with Gasteiger partial charge in [0, 0.05) is 0 Å². The zero-order chi connectivity index (χ0) is 16.9. The summed E-state index contributed by atoms with van der Waals surface area (Å²) in [6.45, 7) is 8.54. The van der Waals surface area contributed by atoms with Crippen molar-refractivity contribution in [2.24, 2.45) is 5.41 Å². The van der Waals surface area contributed by atoms with Crippen molar-refractivity contribution in [3.63, 3.8) is 0 Å². The number of ether oxygens (including phenoxy) is 2. The first-order valence-corrected chi connectivity index (χ1v) is 6.85. The van der Waals surface area contributed by atoms with Crippen molar-refractivity contribution < 1.29 is 23.9 Å². The molecule has 1 aromatic carbocycles. The third kappa shape index (κ3) is 3.24. The van der Waals surface area contributed by atoms with Gasteiger partial charge in [-0.2, -0.15) is 0 Å². The van der Waals surface area contributed by atoms with Crippen molar-refractivity contribution in [3.05, 3.63) is 42.0 Å². The fraction of sp³-hybridized carbons (Fsp3) is 0.353. The molecule has 118 valence electrons. The molecule has 0 saturated carbocycles. The molecule has 5 heteroatoms. The first-order chi connectivity index (χ1) is 10.3. The van der Waals surface area contributed by atoms with Gasteiger partial charge in [0.2, 0.25) is 0 Å². The maximum absolute atomic E-state index is 12.2. The van der Waals surface area contributed by atoms with Gasteiger partial charge in [-0.15, -0.1) is 0 Å². The first-order valence-electron chi connectivity index (χ1n) is 6.85. The number of ketones is 1. The number of benzene rings is 1. The van der Waals surface area contributed by atoms with Gasteiger partial charge in [0.05, 0.1) is 19.3 Å². The third-order valence-electron chi connectivity index (χ3n) is 3.65. The zero-order valence-corrected chi connectivity index (χ0v) is 13.3. The van der Waals surface area contributed by atoms with E-state index in [0.29, 0.717) is 16.7 Å². The highest BCUT2D eigenvalue weighted by Crippen LogP contribution is 2.36. The van der Waals surface area contributed by atoms with Crippen LogP contribution in [0.3, 0.4) is 0 Å². The quantitative estimate of drug-likeness (QED) is 0.597. The predicted octanol–water partition coefficient (Wildman–Crippen LogP) is 2.64. The molecular weight excluding hydrogens is 284 g/mol. The van der Waals surface area contributed by atoms with E-state index >= 15 is 0 Å². The van der Waals surface area contributed by atoms with Gasteiger partial charge in [-0.3, -0.25) is 9.59 Å². The minimum Gasteiger partial charge on any atom is -0.465 e. The summed E-state index contributed by atoms with van der Waals surface area (Å²) in [7, 11) is 1.29. The van der Waals surface area contributed by atoms with Crippen LogP contribution in [0.1, 0.15) is 36.7 Å². The van der Waals surface area contributed by atoms with Crippen LogP contribution in [-0.4, -0.2) is 31.4 Å². The van der Waals surface area contributed by atoms with Crippen LogP contribution in [0.15, 0.2) is 30.8 Å². The molecule has 0 fully saturated rings. The van der Waals surface area contributed by atoms with Crippen molar-refractivity contribution in [2.45, 2.75) is 20.8 Å². The van der Waals surface area contributed by atoms with Gasteiger partial charge >= 0.3 is 11.9 Å². The average molecular weight is 304 g/mol. The maximum Gasteiger partial charge on any atom is 0.337 e. The summed E-state index contributed by atoms with van der Waals surface area (Å²) in [6.07, 6.45) is 0. The fourth-order valence-corrected chi connectivity index (χ4v) is 1.97. The highest BCUT2D eigenvalue weighted by molar-refractivity contribution is 6.13. The van der Waals surface area contributed by atoms with Crippen LogP contribution in [0.5, 0.6) is 0 Å². The van der Waals surface area contributed by atoms with Gasteiger partial charge in [-0.25, -0.2) is 4.79 Å². The SMILES string of the molecule is C=C(c1ccc(C(=O)OC)cc1)C(C)(C(C)=O)C(=O)OCC. The van der Waals surface area contributed by atoms with E-state index in [1.807, 2.05) is 0 Å². The Bertz CT molecular complexity index is 600. The molecule has 0 aromatic heterocycles. The molecule has 0 spiro atoms. The molecule has 0 saturated heterocycles. The number of hydrogen-bond donors (Lipinski definition) is 0. The largest absolute Gasteiger partial charge is 0.465 e. The average Bonchev–Trinajstić information content (AvgIpc) is 2.52. The number of carbonyl (C=O) groups excluding carboxylic acids is 3. The summed E-state index contributed by atoms with van der Waals surface area (Å²) in [4.78, 5) is 35.6. The molecule has 0 aliphatic heterocycles. The lowest BCUT2D eigenvalue weighted by Crippen LogP contribution is -2.37. The van der Waals surface area contributed by atoms with Gasteiger partial charge in [0.1, 0.15) is 5.41 Å². The molecule has 0 radical (unpaired) electrons. The summed E-state index contributed by atoms with van der Waals surface area (Å²) >= 11 is 0. The van der Waals surface area contributed by atoms with Crippen molar-refractivity contribution >= 4 is 23.3 Å². The van der Waals surface area contributed by atoms with Crippen LogP contribution in [0.25, 0.3) is 5.57 Å². The second kappa shape index (κ2) is 7.02. The third-order valence-corrected chi connectivity index (χ3v) is 3.65. The van der Waals surface area contributed by atoms with Gasteiger partial charge in [-0.05, 0) is 44.0 Å².